The Morgan fingerprint density at radius 1 is 1.15 bits per heavy atom. The largest absolute Gasteiger partial charge is 0.805 e. The van der Waals surface area contributed by atoms with Crippen LogP contribution in [0.5, 0.6) is 0 Å². The summed E-state index contributed by atoms with van der Waals surface area (Å²) >= 11 is 0. The lowest BCUT2D eigenvalue weighted by Crippen LogP contribution is -2.18. The lowest BCUT2D eigenvalue weighted by molar-refractivity contribution is -0.465. The summed E-state index contributed by atoms with van der Waals surface area (Å²) in [5, 5.41) is 11.4. The Labute approximate surface area is 154 Å². The summed E-state index contributed by atoms with van der Waals surface area (Å²) in [7, 11) is 0. The molecular weight excluding hydrogens is 344 g/mol. The molecule has 0 N–H and O–H groups in total. The summed E-state index contributed by atoms with van der Waals surface area (Å²) in [6.45, 7) is 5.18. The van der Waals surface area contributed by atoms with Gasteiger partial charge in [0.05, 0.1) is 33.0 Å². The number of aldehydes is 1. The van der Waals surface area contributed by atoms with Crippen molar-refractivity contribution in [2.24, 2.45) is 0 Å². The summed E-state index contributed by atoms with van der Waals surface area (Å²) in [4.78, 5) is 30.2. The lowest BCUT2D eigenvalue weighted by atomic mass is 10.2. The Morgan fingerprint density at radius 3 is 2.56 bits per heavy atom. The maximum Gasteiger partial charge on any atom is 0.285 e. The fourth-order valence-electron chi connectivity index (χ4n) is 2.48. The van der Waals surface area contributed by atoms with E-state index in [1.807, 2.05) is 24.3 Å². The van der Waals surface area contributed by atoms with Crippen LogP contribution in [0.3, 0.4) is 0 Å². The Hall–Kier alpha value is -3.87. The van der Waals surface area contributed by atoms with Crippen LogP contribution in [0.2, 0.25) is 0 Å². The average Bonchev–Trinajstić information content (AvgIpc) is 2.71. The normalized spacial score (nSPS) is 10.3. The van der Waals surface area contributed by atoms with Crippen molar-refractivity contribution in [1.82, 2.24) is 14.7 Å². The molecule has 0 aliphatic heterocycles. The lowest BCUT2D eigenvalue weighted by Gasteiger charge is -2.13. The summed E-state index contributed by atoms with van der Waals surface area (Å²) in [6.07, 6.45) is 3.51. The molecule has 4 rings (SSSR count). The highest BCUT2D eigenvalue weighted by Gasteiger charge is 2.07. The van der Waals surface area contributed by atoms with E-state index in [4.69, 9.17) is 0 Å². The van der Waals surface area contributed by atoms with Crippen LogP contribution in [0, 0.1) is 17.0 Å². The van der Waals surface area contributed by atoms with Gasteiger partial charge in [-0.05, 0) is 25.1 Å². The molecule has 0 spiro atoms. The van der Waals surface area contributed by atoms with Gasteiger partial charge in [0.1, 0.15) is 5.52 Å². The summed E-state index contributed by atoms with van der Waals surface area (Å²) in [6, 6.07) is 14.2. The van der Waals surface area contributed by atoms with Crippen molar-refractivity contribution in [3.63, 3.8) is 0 Å². The van der Waals surface area contributed by atoms with Crippen molar-refractivity contribution < 1.29 is 9.22 Å². The van der Waals surface area contributed by atoms with Gasteiger partial charge in [-0.1, -0.05) is 30.8 Å². The molecule has 2 aromatic heterocycles. The van der Waals surface area contributed by atoms with Crippen LogP contribution in [0.1, 0.15) is 11.4 Å². The molecule has 2 heterocycles. The van der Waals surface area contributed by atoms with E-state index < -0.39 is 0 Å². The van der Waals surface area contributed by atoms with Gasteiger partial charge < -0.3 is 9.94 Å². The molecule has 0 aliphatic rings. The van der Waals surface area contributed by atoms with E-state index in [9.17, 15) is 14.9 Å². The average molecular weight is 360 g/mol. The third-order valence-corrected chi connectivity index (χ3v) is 3.88. The summed E-state index contributed by atoms with van der Waals surface area (Å²) in [5.41, 5.74) is 3.65. The minimum atomic E-state index is 0.350. The first-order valence-corrected chi connectivity index (χ1v) is 8.08. The predicted molar refractivity (Wildman–Crippen MR) is 103 cm³/mol. The number of hydrogen-bond donors (Lipinski definition) is 0. The van der Waals surface area contributed by atoms with Crippen LogP contribution in [-0.2, 0) is 4.79 Å². The number of allylic oxidation sites excluding steroid dienone is 1. The van der Waals surface area contributed by atoms with Gasteiger partial charge in [-0.15, -0.1) is 0 Å². The number of rotatable bonds is 2. The van der Waals surface area contributed by atoms with E-state index >= 15 is 0 Å². The quantitative estimate of drug-likeness (QED) is 0.311. The Balaban J connectivity index is 0.000000156. The first-order valence-electron chi connectivity index (χ1n) is 8.08. The third kappa shape index (κ3) is 3.72. The van der Waals surface area contributed by atoms with Crippen molar-refractivity contribution in [3.8, 4) is 0 Å². The molecular formula is C20H16N4O3. The van der Waals surface area contributed by atoms with E-state index in [-0.39, 0.29) is 0 Å². The molecule has 0 radical (unpaired) electrons. The van der Waals surface area contributed by atoms with E-state index in [0.717, 1.165) is 15.8 Å². The van der Waals surface area contributed by atoms with Crippen molar-refractivity contribution in [3.05, 3.63) is 89.0 Å². The molecule has 0 aliphatic carbocycles. The molecule has 7 nitrogen and oxygen atoms in total. The van der Waals surface area contributed by atoms with Gasteiger partial charge in [-0.25, -0.2) is 4.98 Å². The smallest absolute Gasteiger partial charge is 0.285 e. The van der Waals surface area contributed by atoms with Crippen LogP contribution < -0.4 is 4.43 Å². The number of aryl methyl sites for hydroxylation is 1. The van der Waals surface area contributed by atoms with Crippen molar-refractivity contribution in [1.29, 1.82) is 0 Å². The zero-order chi connectivity index (χ0) is 19.4. The molecule has 0 amide bonds. The molecule has 4 aromatic rings. The van der Waals surface area contributed by atoms with Crippen molar-refractivity contribution in [2.45, 2.75) is 6.92 Å². The molecule has 134 valence electrons. The Morgan fingerprint density at radius 2 is 1.81 bits per heavy atom. The second-order valence-corrected chi connectivity index (χ2v) is 5.77. The van der Waals surface area contributed by atoms with Crippen LogP contribution in [-0.4, -0.2) is 21.0 Å². The highest BCUT2D eigenvalue weighted by molar-refractivity contribution is 6.05. The molecule has 0 fully saturated rings. The minimum absolute atomic E-state index is 0.350. The minimum Gasteiger partial charge on any atom is -0.805 e. The van der Waals surface area contributed by atoms with Crippen molar-refractivity contribution in [2.75, 3.05) is 0 Å². The van der Waals surface area contributed by atoms with E-state index in [0.29, 0.717) is 38.7 Å². The van der Waals surface area contributed by atoms with Gasteiger partial charge in [-0.2, -0.15) is 0 Å². The van der Waals surface area contributed by atoms with Gasteiger partial charge in [0.2, 0.25) is 6.20 Å². The highest BCUT2D eigenvalue weighted by Crippen LogP contribution is 2.12. The zero-order valence-electron chi connectivity index (χ0n) is 14.6. The SMILES string of the molecule is C=C(C=O)c1cnc2ccccc2n1.Cc1c[n+](=O)c2ccccc2n1[O-]. The van der Waals surface area contributed by atoms with Crippen molar-refractivity contribution >= 4 is 33.9 Å². The summed E-state index contributed by atoms with van der Waals surface area (Å²) in [5.74, 6) is 0. The number of aromatic nitrogens is 4. The number of para-hydroxylation sites is 4. The molecule has 0 unspecified atom stereocenters. The second kappa shape index (κ2) is 7.57. The standard InChI is InChI=1S/C11H8N2O.C9H8N2O2/c1-8(7-14)11-6-12-9-4-2-3-5-10(9)13-11;1-7-6-10(12)8-4-2-3-5-9(8)11(7)13/h2-7H,1H2;2-6H,1H3. The maximum atomic E-state index is 11.4. The van der Waals surface area contributed by atoms with Gasteiger partial charge in [0.25, 0.3) is 5.52 Å². The van der Waals surface area contributed by atoms with E-state index in [1.165, 1.54) is 6.20 Å². The highest BCUT2D eigenvalue weighted by atomic mass is 16.5. The van der Waals surface area contributed by atoms with Crippen LogP contribution in [0.4, 0.5) is 0 Å². The van der Waals surface area contributed by atoms with E-state index in [1.54, 1.807) is 37.4 Å². The fourth-order valence-corrected chi connectivity index (χ4v) is 2.48. The first kappa shape index (κ1) is 17.9. The Bertz CT molecular complexity index is 1210. The molecule has 0 bridgehead atoms. The third-order valence-electron chi connectivity index (χ3n) is 3.88. The summed E-state index contributed by atoms with van der Waals surface area (Å²) < 4.78 is 1.46. The molecule has 2 aromatic carbocycles. The van der Waals surface area contributed by atoms with E-state index in [2.05, 4.69) is 16.5 Å². The monoisotopic (exact) mass is 360 g/mol. The van der Waals surface area contributed by atoms with Crippen LogP contribution >= 0.6 is 0 Å². The molecule has 27 heavy (non-hydrogen) atoms. The number of carbonyl (C=O) groups is 1. The number of nitrogens with zero attached hydrogens (tertiary/aromatic N) is 4. The number of fused-ring (bicyclic) bond motifs is 2. The molecule has 0 saturated heterocycles. The molecule has 0 saturated carbocycles. The van der Waals surface area contributed by atoms with Gasteiger partial charge >= 0.3 is 0 Å². The topological polar surface area (TPSA) is 93.8 Å². The number of hydrogen-bond acceptors (Lipinski definition) is 5. The second-order valence-electron chi connectivity index (χ2n) is 5.77. The first-order chi connectivity index (χ1) is 13.0. The van der Waals surface area contributed by atoms with Crippen LogP contribution in [0.15, 0.2) is 67.5 Å². The zero-order valence-corrected chi connectivity index (χ0v) is 14.6. The Kier molecular flexibility index (Phi) is 5.03. The maximum absolute atomic E-state index is 11.4. The number of carbonyl (C=O) groups excluding carboxylic acids is 1. The fraction of sp³-hybridized carbons (Fsp3) is 0.0500. The molecule has 7 heteroatoms. The van der Waals surface area contributed by atoms with Gasteiger partial charge in [-0.3, -0.25) is 9.78 Å². The van der Waals surface area contributed by atoms with Crippen LogP contribution in [0.25, 0.3) is 27.6 Å². The number of benzene rings is 2. The molecule has 0 atom stereocenters. The predicted octanol–water partition coefficient (Wildman–Crippen LogP) is 3.05. The van der Waals surface area contributed by atoms with Gasteiger partial charge in [0.15, 0.2) is 6.29 Å². The van der Waals surface area contributed by atoms with Gasteiger partial charge in [0, 0.05) is 16.5 Å².